The number of carbonyl (C=O) groups is 2. The molecule has 6 nitrogen and oxygen atoms in total. The number of hydrogen-bond donors (Lipinski definition) is 0. The summed E-state index contributed by atoms with van der Waals surface area (Å²) in [4.78, 5) is 35.7. The van der Waals surface area contributed by atoms with Crippen LogP contribution in [0.15, 0.2) is 29.8 Å². The van der Waals surface area contributed by atoms with Crippen molar-refractivity contribution in [1.29, 1.82) is 0 Å². The molecule has 0 aromatic heterocycles. The molecule has 1 heterocycles. The van der Waals surface area contributed by atoms with Crippen molar-refractivity contribution in [1.82, 2.24) is 4.90 Å². The molecule has 0 N–H and O–H groups in total. The molecule has 1 fully saturated rings. The Balaban J connectivity index is 1.93. The summed E-state index contributed by atoms with van der Waals surface area (Å²) in [6.45, 7) is 1.96. The zero-order chi connectivity index (χ0) is 16.0. The van der Waals surface area contributed by atoms with Gasteiger partial charge in [-0.25, -0.2) is 0 Å². The zero-order valence-electron chi connectivity index (χ0n) is 12.4. The number of benzene rings is 1. The lowest BCUT2D eigenvalue weighted by molar-refractivity contribution is -0.384. The molecule has 1 aliphatic heterocycles. The highest BCUT2D eigenvalue weighted by atomic mass is 16.6. The number of non-ortho nitro benzene ring substituents is 1. The van der Waals surface area contributed by atoms with Gasteiger partial charge in [0.2, 0.25) is 11.8 Å². The number of likely N-dealkylation sites (tertiary alicyclic amines) is 1. The lowest BCUT2D eigenvalue weighted by Crippen LogP contribution is -2.26. The van der Waals surface area contributed by atoms with Crippen molar-refractivity contribution in [3.05, 3.63) is 45.5 Å². The van der Waals surface area contributed by atoms with Gasteiger partial charge in [0.05, 0.1) is 16.8 Å². The van der Waals surface area contributed by atoms with Crippen LogP contribution in [0.2, 0.25) is 0 Å². The van der Waals surface area contributed by atoms with Crippen LogP contribution in [-0.2, 0) is 9.59 Å². The minimum Gasteiger partial charge on any atom is -0.285 e. The number of nitro benzene ring substituents is 1. The van der Waals surface area contributed by atoms with Crippen LogP contribution in [0.1, 0.15) is 25.3 Å². The Morgan fingerprint density at radius 3 is 2.18 bits per heavy atom. The Morgan fingerprint density at radius 2 is 1.64 bits per heavy atom. The largest absolute Gasteiger partial charge is 0.285 e. The third-order valence-electron chi connectivity index (χ3n) is 4.67. The fraction of sp³-hybridized carbons (Fsp3) is 0.375. The Morgan fingerprint density at radius 1 is 1.09 bits per heavy atom. The molecule has 0 saturated carbocycles. The van der Waals surface area contributed by atoms with E-state index >= 15 is 0 Å². The van der Waals surface area contributed by atoms with Gasteiger partial charge >= 0.3 is 0 Å². The van der Waals surface area contributed by atoms with Crippen LogP contribution in [0.4, 0.5) is 5.69 Å². The van der Waals surface area contributed by atoms with Crippen molar-refractivity contribution < 1.29 is 14.5 Å². The predicted octanol–water partition coefficient (Wildman–Crippen LogP) is 2.39. The second-order valence-corrected chi connectivity index (χ2v) is 5.92. The molecule has 22 heavy (non-hydrogen) atoms. The molecule has 0 radical (unpaired) electrons. The summed E-state index contributed by atoms with van der Waals surface area (Å²) in [5.41, 5.74) is 3.03. The Kier molecular flexibility index (Phi) is 3.31. The van der Waals surface area contributed by atoms with Crippen molar-refractivity contribution in [2.45, 2.75) is 19.8 Å². The molecule has 114 valence electrons. The summed E-state index contributed by atoms with van der Waals surface area (Å²) >= 11 is 0. The second kappa shape index (κ2) is 5.05. The van der Waals surface area contributed by atoms with Crippen molar-refractivity contribution >= 4 is 23.1 Å². The van der Waals surface area contributed by atoms with Crippen LogP contribution in [0.3, 0.4) is 0 Å². The van der Waals surface area contributed by atoms with Crippen LogP contribution in [0, 0.1) is 22.0 Å². The van der Waals surface area contributed by atoms with E-state index in [9.17, 15) is 19.7 Å². The maximum atomic E-state index is 12.2. The highest BCUT2D eigenvalue weighted by Crippen LogP contribution is 2.43. The zero-order valence-corrected chi connectivity index (χ0v) is 12.4. The topological polar surface area (TPSA) is 80.5 Å². The lowest BCUT2D eigenvalue weighted by atomic mass is 9.76. The first-order valence-electron chi connectivity index (χ1n) is 7.15. The standard InChI is InChI=1S/C16H16N2O4/c1-9-7-13-14(16(20)17(2)15(13)19)8-12(9)10-3-5-11(6-4-10)18(21)22/h3-6,13-14H,7-8H2,1-2H3/t13-,14+/m0/s1. The summed E-state index contributed by atoms with van der Waals surface area (Å²) in [6.07, 6.45) is 1.09. The van der Waals surface area contributed by atoms with Gasteiger partial charge in [-0.05, 0) is 43.0 Å². The third kappa shape index (κ3) is 2.11. The molecule has 1 saturated heterocycles. The molecule has 0 bridgehead atoms. The van der Waals surface area contributed by atoms with Gasteiger partial charge in [0.15, 0.2) is 0 Å². The second-order valence-electron chi connectivity index (χ2n) is 5.92. The molecule has 2 aliphatic rings. The fourth-order valence-electron chi connectivity index (χ4n) is 3.41. The van der Waals surface area contributed by atoms with Gasteiger partial charge in [-0.1, -0.05) is 5.57 Å². The van der Waals surface area contributed by atoms with E-state index in [0.29, 0.717) is 12.8 Å². The Hall–Kier alpha value is -2.50. The lowest BCUT2D eigenvalue weighted by Gasteiger charge is -2.25. The van der Waals surface area contributed by atoms with Crippen LogP contribution < -0.4 is 0 Å². The predicted molar refractivity (Wildman–Crippen MR) is 79.7 cm³/mol. The van der Waals surface area contributed by atoms with E-state index in [-0.39, 0.29) is 29.3 Å². The van der Waals surface area contributed by atoms with E-state index in [4.69, 9.17) is 0 Å². The van der Waals surface area contributed by atoms with Gasteiger partial charge in [0.25, 0.3) is 5.69 Å². The minimum absolute atomic E-state index is 0.0440. The molecular weight excluding hydrogens is 284 g/mol. The van der Waals surface area contributed by atoms with Crippen molar-refractivity contribution in [3.8, 4) is 0 Å². The first-order chi connectivity index (χ1) is 10.4. The molecule has 0 unspecified atom stereocenters. The number of hydrogen-bond acceptors (Lipinski definition) is 4. The molecule has 2 amide bonds. The number of fused-ring (bicyclic) bond motifs is 1. The molecule has 3 rings (SSSR count). The monoisotopic (exact) mass is 300 g/mol. The minimum atomic E-state index is -0.434. The fourth-order valence-corrected chi connectivity index (χ4v) is 3.41. The average Bonchev–Trinajstić information content (AvgIpc) is 2.71. The van der Waals surface area contributed by atoms with Crippen LogP contribution in [0.25, 0.3) is 5.57 Å². The van der Waals surface area contributed by atoms with Crippen LogP contribution in [-0.4, -0.2) is 28.7 Å². The van der Waals surface area contributed by atoms with Gasteiger partial charge in [-0.3, -0.25) is 24.6 Å². The first kappa shape index (κ1) is 14.4. The number of rotatable bonds is 2. The van der Waals surface area contributed by atoms with E-state index in [1.165, 1.54) is 24.1 Å². The summed E-state index contributed by atoms with van der Waals surface area (Å²) in [7, 11) is 1.53. The Bertz CT molecular complexity index is 705. The van der Waals surface area contributed by atoms with E-state index in [0.717, 1.165) is 16.7 Å². The highest BCUT2D eigenvalue weighted by molar-refractivity contribution is 6.06. The number of nitrogens with zero attached hydrogens (tertiary/aromatic N) is 2. The quantitative estimate of drug-likeness (QED) is 0.477. The molecule has 6 heteroatoms. The van der Waals surface area contributed by atoms with E-state index < -0.39 is 4.92 Å². The third-order valence-corrected chi connectivity index (χ3v) is 4.67. The summed E-state index contributed by atoms with van der Waals surface area (Å²) < 4.78 is 0. The number of imide groups is 1. The van der Waals surface area contributed by atoms with Gasteiger partial charge < -0.3 is 0 Å². The van der Waals surface area contributed by atoms with Gasteiger partial charge in [-0.2, -0.15) is 0 Å². The molecule has 1 aliphatic carbocycles. The number of amides is 2. The molecule has 1 aromatic carbocycles. The summed E-state index contributed by atoms with van der Waals surface area (Å²) in [5, 5.41) is 10.7. The van der Waals surface area contributed by atoms with Gasteiger partial charge in [-0.15, -0.1) is 0 Å². The first-order valence-corrected chi connectivity index (χ1v) is 7.15. The van der Waals surface area contributed by atoms with Gasteiger partial charge in [0, 0.05) is 19.2 Å². The van der Waals surface area contributed by atoms with Crippen molar-refractivity contribution in [2.75, 3.05) is 7.05 Å². The Labute approximate surface area is 127 Å². The smallest absolute Gasteiger partial charge is 0.269 e. The normalized spacial score (nSPS) is 24.7. The van der Waals surface area contributed by atoms with Gasteiger partial charge in [0.1, 0.15) is 0 Å². The van der Waals surface area contributed by atoms with E-state index in [2.05, 4.69) is 0 Å². The van der Waals surface area contributed by atoms with Crippen molar-refractivity contribution in [3.63, 3.8) is 0 Å². The van der Waals surface area contributed by atoms with Crippen LogP contribution >= 0.6 is 0 Å². The number of carbonyl (C=O) groups excluding carboxylic acids is 2. The maximum Gasteiger partial charge on any atom is 0.269 e. The number of nitro groups is 1. The molecule has 0 spiro atoms. The van der Waals surface area contributed by atoms with Crippen molar-refractivity contribution in [2.24, 2.45) is 11.8 Å². The van der Waals surface area contributed by atoms with Crippen LogP contribution in [0.5, 0.6) is 0 Å². The molecule has 1 aromatic rings. The maximum absolute atomic E-state index is 12.2. The highest BCUT2D eigenvalue weighted by Gasteiger charge is 2.47. The SMILES string of the molecule is CC1=C(c2ccc([N+](=O)[O-])cc2)C[C@H]2C(=O)N(C)C(=O)[C@H]2C1. The number of allylic oxidation sites excluding steroid dienone is 2. The van der Waals surface area contributed by atoms with E-state index in [1.807, 2.05) is 6.92 Å². The summed E-state index contributed by atoms with van der Waals surface area (Å²) in [6, 6.07) is 6.36. The van der Waals surface area contributed by atoms with E-state index in [1.54, 1.807) is 12.1 Å². The molecular formula is C16H16N2O4. The summed E-state index contributed by atoms with van der Waals surface area (Å²) in [5.74, 6) is -0.773. The molecule has 2 atom stereocenters. The average molecular weight is 300 g/mol.